The maximum Gasteiger partial charge on any atom is 0.242 e. The van der Waals surface area contributed by atoms with Crippen LogP contribution in [0.5, 0.6) is 5.75 Å². The van der Waals surface area contributed by atoms with Crippen molar-refractivity contribution in [3.8, 4) is 5.75 Å². The summed E-state index contributed by atoms with van der Waals surface area (Å²) in [5.74, 6) is 0.168. The summed E-state index contributed by atoms with van der Waals surface area (Å²) in [6.45, 7) is 1.54. The highest BCUT2D eigenvalue weighted by Crippen LogP contribution is 2.19. The molecule has 34 heavy (non-hydrogen) atoms. The molecule has 1 atom stereocenters. The van der Waals surface area contributed by atoms with Crippen molar-refractivity contribution in [2.24, 2.45) is 0 Å². The number of amides is 1. The van der Waals surface area contributed by atoms with Gasteiger partial charge in [0.1, 0.15) is 17.6 Å². The van der Waals surface area contributed by atoms with Crippen molar-refractivity contribution >= 4 is 38.3 Å². The Hall–Kier alpha value is -3.30. The number of methoxy groups -OCH3 is 1. The molecule has 0 spiro atoms. The predicted octanol–water partition coefficient (Wildman–Crippen LogP) is 4.07. The van der Waals surface area contributed by atoms with Crippen molar-refractivity contribution in [1.82, 2.24) is 9.71 Å². The number of para-hydroxylation sites is 1. The summed E-state index contributed by atoms with van der Waals surface area (Å²) in [6, 6.07) is 14.3. The molecule has 3 rings (SSSR count). The van der Waals surface area contributed by atoms with E-state index >= 15 is 0 Å². The second-order valence-corrected chi connectivity index (χ2v) is 9.77. The van der Waals surface area contributed by atoms with Crippen LogP contribution in [0, 0.1) is 0 Å². The van der Waals surface area contributed by atoms with Gasteiger partial charge in [-0.2, -0.15) is 4.72 Å². The lowest BCUT2D eigenvalue weighted by Crippen LogP contribution is -2.43. The molecule has 0 aliphatic rings. The number of nitrogens with zero attached hydrogens (tertiary/aromatic N) is 1. The number of ketones is 1. The number of sulfonamides is 1. The molecule has 1 heterocycles. The van der Waals surface area contributed by atoms with Crippen LogP contribution < -0.4 is 14.8 Å². The summed E-state index contributed by atoms with van der Waals surface area (Å²) in [4.78, 5) is 28.6. The van der Waals surface area contributed by atoms with Gasteiger partial charge in [-0.3, -0.25) is 9.78 Å². The first-order valence-electron chi connectivity index (χ1n) is 11.1. The summed E-state index contributed by atoms with van der Waals surface area (Å²) >= 11 is 0. The Bertz CT molecular complexity index is 1240. The van der Waals surface area contributed by atoms with Gasteiger partial charge in [-0.05, 0) is 56.2 Å². The second kappa shape index (κ2) is 11.7. The number of rotatable bonds is 12. The van der Waals surface area contributed by atoms with E-state index in [1.165, 1.54) is 26.2 Å². The molecule has 0 radical (unpaired) electrons. The maximum atomic E-state index is 13.1. The van der Waals surface area contributed by atoms with Gasteiger partial charge in [0, 0.05) is 11.8 Å². The van der Waals surface area contributed by atoms with Crippen LogP contribution >= 0.6 is 0 Å². The molecule has 8 nitrogen and oxygen atoms in total. The normalized spacial score (nSPS) is 12.3. The zero-order valence-corrected chi connectivity index (χ0v) is 20.1. The van der Waals surface area contributed by atoms with Crippen LogP contribution in [0.15, 0.2) is 65.7 Å². The maximum absolute atomic E-state index is 13.1. The lowest BCUT2D eigenvalue weighted by molar-refractivity contribution is -0.118. The molecule has 180 valence electrons. The van der Waals surface area contributed by atoms with Gasteiger partial charge in [0.25, 0.3) is 0 Å². The van der Waals surface area contributed by atoms with Crippen LogP contribution in [0.25, 0.3) is 10.9 Å². The molecule has 9 heteroatoms. The monoisotopic (exact) mass is 483 g/mol. The van der Waals surface area contributed by atoms with Crippen LogP contribution in [0.3, 0.4) is 0 Å². The Balaban J connectivity index is 1.75. The molecule has 0 aliphatic heterocycles. The number of unbranched alkanes of at least 4 members (excludes halogenated alkanes) is 2. The largest absolute Gasteiger partial charge is 0.497 e. The van der Waals surface area contributed by atoms with Crippen LogP contribution in [0.1, 0.15) is 39.0 Å². The van der Waals surface area contributed by atoms with Gasteiger partial charge >= 0.3 is 0 Å². The highest BCUT2D eigenvalue weighted by Gasteiger charge is 2.26. The van der Waals surface area contributed by atoms with Crippen molar-refractivity contribution in [3.05, 3.63) is 60.8 Å². The molecule has 0 saturated heterocycles. The lowest BCUT2D eigenvalue weighted by atomic mass is 10.1. The number of benzene rings is 2. The first-order chi connectivity index (χ1) is 16.3. The van der Waals surface area contributed by atoms with E-state index in [0.29, 0.717) is 43.5 Å². The lowest BCUT2D eigenvalue weighted by Gasteiger charge is -2.19. The number of aromatic nitrogens is 1. The quantitative estimate of drug-likeness (QED) is 0.375. The number of pyridine rings is 1. The van der Waals surface area contributed by atoms with Crippen molar-refractivity contribution in [3.63, 3.8) is 0 Å². The number of carbonyl (C=O) groups excluding carboxylic acids is 2. The molecule has 1 amide bonds. The fraction of sp³-hybridized carbons (Fsp3) is 0.320. The summed E-state index contributed by atoms with van der Waals surface area (Å²) < 4.78 is 33.5. The number of hydrogen-bond acceptors (Lipinski definition) is 6. The van der Waals surface area contributed by atoms with E-state index in [2.05, 4.69) is 15.0 Å². The fourth-order valence-electron chi connectivity index (χ4n) is 3.52. The summed E-state index contributed by atoms with van der Waals surface area (Å²) in [7, 11) is -2.45. The van der Waals surface area contributed by atoms with Crippen molar-refractivity contribution in [1.29, 1.82) is 0 Å². The average molecular weight is 484 g/mol. The summed E-state index contributed by atoms with van der Waals surface area (Å²) in [6.07, 6.45) is 4.31. The smallest absolute Gasteiger partial charge is 0.242 e. The number of carbonyl (C=O) groups is 2. The molecule has 1 aromatic heterocycles. The average Bonchev–Trinajstić information content (AvgIpc) is 2.82. The molecule has 0 unspecified atom stereocenters. The van der Waals surface area contributed by atoms with Gasteiger partial charge in [-0.1, -0.05) is 31.0 Å². The van der Waals surface area contributed by atoms with E-state index in [4.69, 9.17) is 4.74 Å². The van der Waals surface area contributed by atoms with Gasteiger partial charge < -0.3 is 14.8 Å². The van der Waals surface area contributed by atoms with Crippen LogP contribution in [0.4, 0.5) is 5.69 Å². The Labute approximate surface area is 199 Å². The number of Topliss-reactive ketones (excluding diaryl/α,β-unsaturated/α-hetero) is 1. The minimum absolute atomic E-state index is 0.0371. The van der Waals surface area contributed by atoms with E-state index in [-0.39, 0.29) is 10.7 Å². The van der Waals surface area contributed by atoms with E-state index in [9.17, 15) is 18.0 Å². The molecule has 0 fully saturated rings. The Morgan fingerprint density at radius 2 is 1.76 bits per heavy atom. The van der Waals surface area contributed by atoms with E-state index < -0.39 is 22.0 Å². The third-order valence-electron chi connectivity index (χ3n) is 5.36. The van der Waals surface area contributed by atoms with E-state index in [1.54, 1.807) is 24.4 Å². The van der Waals surface area contributed by atoms with Crippen molar-refractivity contribution < 1.29 is 22.7 Å². The van der Waals surface area contributed by atoms with Crippen LogP contribution in [-0.4, -0.2) is 38.2 Å². The number of nitrogens with one attached hydrogen (secondary N) is 2. The van der Waals surface area contributed by atoms with Gasteiger partial charge in [-0.15, -0.1) is 0 Å². The highest BCUT2D eigenvalue weighted by atomic mass is 32.2. The van der Waals surface area contributed by atoms with Crippen molar-refractivity contribution in [2.45, 2.75) is 50.0 Å². The minimum atomic E-state index is -3.95. The van der Waals surface area contributed by atoms with Gasteiger partial charge in [0.05, 0.1) is 29.4 Å². The zero-order chi connectivity index (χ0) is 24.6. The first kappa shape index (κ1) is 25.3. The Kier molecular flexibility index (Phi) is 8.72. The van der Waals surface area contributed by atoms with Crippen LogP contribution in [-0.2, 0) is 19.6 Å². The predicted molar refractivity (Wildman–Crippen MR) is 131 cm³/mol. The number of ether oxygens (including phenoxy) is 1. The Morgan fingerprint density at radius 1 is 1.03 bits per heavy atom. The van der Waals surface area contributed by atoms with Gasteiger partial charge in [-0.25, -0.2) is 8.42 Å². The summed E-state index contributed by atoms with van der Waals surface area (Å²) in [5, 5.41) is 3.64. The van der Waals surface area contributed by atoms with Gasteiger partial charge in [0.2, 0.25) is 15.9 Å². The third-order valence-corrected chi connectivity index (χ3v) is 6.85. The van der Waals surface area contributed by atoms with Crippen molar-refractivity contribution in [2.75, 3.05) is 12.4 Å². The summed E-state index contributed by atoms with van der Waals surface area (Å²) in [5.41, 5.74) is 1.27. The SMILES string of the molecule is COc1ccc(S(=O)(=O)N[C@@H](CCCCCC(C)=O)C(=O)Nc2cnc3ccccc3c2)cc1. The van der Waals surface area contributed by atoms with Gasteiger partial charge in [0.15, 0.2) is 0 Å². The third kappa shape index (κ3) is 7.10. The second-order valence-electron chi connectivity index (χ2n) is 8.06. The number of hydrogen-bond donors (Lipinski definition) is 2. The Morgan fingerprint density at radius 3 is 2.47 bits per heavy atom. The standard InChI is InChI=1S/C25H29N3O5S/c1-18(29)8-4-3-5-11-24(28-34(31,32)22-14-12-21(33-2)13-15-22)25(30)27-20-16-19-9-6-7-10-23(19)26-17-20/h6-7,9-10,12-17,24,28H,3-5,8,11H2,1-2H3,(H,27,30)/t24-/m0/s1. The molecule has 0 bridgehead atoms. The fourth-order valence-corrected chi connectivity index (χ4v) is 4.75. The molecule has 3 aromatic rings. The van der Waals surface area contributed by atoms with Crippen LogP contribution in [0.2, 0.25) is 0 Å². The molecule has 0 saturated carbocycles. The molecule has 2 N–H and O–H groups in total. The zero-order valence-electron chi connectivity index (χ0n) is 19.3. The molecular formula is C25H29N3O5S. The number of anilines is 1. The minimum Gasteiger partial charge on any atom is -0.497 e. The topological polar surface area (TPSA) is 114 Å². The highest BCUT2D eigenvalue weighted by molar-refractivity contribution is 7.89. The molecule has 0 aliphatic carbocycles. The first-order valence-corrected chi connectivity index (χ1v) is 12.6. The van der Waals surface area contributed by atoms with E-state index in [0.717, 1.165) is 10.9 Å². The van der Waals surface area contributed by atoms with E-state index in [1.807, 2.05) is 24.3 Å². The molecule has 2 aromatic carbocycles. The molecular weight excluding hydrogens is 454 g/mol. The number of fused-ring (bicyclic) bond motifs is 1.